The smallest absolute Gasteiger partial charge is 0.0187 e. The Hall–Kier alpha value is -1.82. The lowest BCUT2D eigenvalue weighted by molar-refractivity contribution is 1.45. The Morgan fingerprint density at radius 2 is 1.69 bits per heavy atom. The first-order chi connectivity index (χ1) is 7.71. The summed E-state index contributed by atoms with van der Waals surface area (Å²) in [7, 11) is 0. The monoisotopic (exact) mass is 212 g/mol. The first-order valence-electron chi connectivity index (χ1n) is 5.31. The third-order valence-electron chi connectivity index (χ3n) is 2.11. The molecule has 0 aromatic heterocycles. The first kappa shape index (κ1) is 14.2. The van der Waals surface area contributed by atoms with E-state index in [1.165, 1.54) is 0 Å². The molecule has 84 valence electrons. The van der Waals surface area contributed by atoms with E-state index < -0.39 is 0 Å². The van der Waals surface area contributed by atoms with Gasteiger partial charge in [0, 0.05) is 0 Å². The summed E-state index contributed by atoms with van der Waals surface area (Å²) in [5, 5.41) is 0. The lowest BCUT2D eigenvalue weighted by Gasteiger charge is -2.07. The lowest BCUT2D eigenvalue weighted by atomic mass is 9.98. The maximum atomic E-state index is 4.08. The topological polar surface area (TPSA) is 0 Å². The molecular weight excluding hydrogens is 192 g/mol. The highest BCUT2D eigenvalue weighted by Crippen LogP contribution is 2.19. The average Bonchev–Trinajstić information content (AvgIpc) is 2.31. The van der Waals surface area contributed by atoms with Crippen molar-refractivity contribution in [2.24, 2.45) is 0 Å². The third kappa shape index (κ3) is 4.61. The van der Waals surface area contributed by atoms with Crippen LogP contribution in [0.4, 0.5) is 0 Å². The minimum absolute atomic E-state index is 0.966. The van der Waals surface area contributed by atoms with Gasteiger partial charge in [-0.25, -0.2) is 0 Å². The molecule has 0 N–H and O–H groups in total. The second-order valence-electron chi connectivity index (χ2n) is 3.17. The molecule has 0 fully saturated rings. The minimum atomic E-state index is 0.966. The maximum absolute atomic E-state index is 4.08. The Balaban J connectivity index is 5.07. The van der Waals surface area contributed by atoms with Crippen molar-refractivity contribution in [3.05, 3.63) is 85.1 Å². The van der Waals surface area contributed by atoms with E-state index in [4.69, 9.17) is 0 Å². The van der Waals surface area contributed by atoms with Gasteiger partial charge in [0.25, 0.3) is 0 Å². The summed E-state index contributed by atoms with van der Waals surface area (Å²) in [5.74, 6) is 0. The molecule has 0 nitrogen and oxygen atoms in total. The zero-order valence-corrected chi connectivity index (χ0v) is 10.2. The van der Waals surface area contributed by atoms with Gasteiger partial charge in [0.1, 0.15) is 0 Å². The van der Waals surface area contributed by atoms with Crippen LogP contribution < -0.4 is 0 Å². The molecule has 0 aliphatic heterocycles. The van der Waals surface area contributed by atoms with E-state index in [1.54, 1.807) is 6.08 Å². The average molecular weight is 212 g/mol. The van der Waals surface area contributed by atoms with Gasteiger partial charge in [-0.3, -0.25) is 0 Å². The molecule has 0 saturated heterocycles. The molecule has 0 aromatic rings. The van der Waals surface area contributed by atoms with E-state index in [0.717, 1.165) is 16.7 Å². The van der Waals surface area contributed by atoms with E-state index in [-0.39, 0.29) is 0 Å². The summed E-state index contributed by atoms with van der Waals surface area (Å²) in [5.41, 5.74) is 3.07. The lowest BCUT2D eigenvalue weighted by Crippen LogP contribution is -1.88. The minimum Gasteiger partial charge on any atom is -0.0991 e. The van der Waals surface area contributed by atoms with Crippen LogP contribution >= 0.6 is 0 Å². The van der Waals surface area contributed by atoms with Crippen molar-refractivity contribution in [1.82, 2.24) is 0 Å². The van der Waals surface area contributed by atoms with Crippen molar-refractivity contribution >= 4 is 0 Å². The van der Waals surface area contributed by atoms with Crippen LogP contribution in [0.5, 0.6) is 0 Å². The zero-order chi connectivity index (χ0) is 12.4. The van der Waals surface area contributed by atoms with Crippen LogP contribution in [0.1, 0.15) is 13.8 Å². The summed E-state index contributed by atoms with van der Waals surface area (Å²) in [6, 6.07) is 0. The fourth-order valence-electron chi connectivity index (χ4n) is 1.20. The largest absolute Gasteiger partial charge is 0.0991 e. The van der Waals surface area contributed by atoms with Crippen molar-refractivity contribution in [3.63, 3.8) is 0 Å². The van der Waals surface area contributed by atoms with Crippen LogP contribution in [-0.4, -0.2) is 0 Å². The van der Waals surface area contributed by atoms with Gasteiger partial charge < -0.3 is 0 Å². The molecule has 0 heterocycles. The molecule has 0 radical (unpaired) electrons. The van der Waals surface area contributed by atoms with Gasteiger partial charge in [-0.2, -0.15) is 0 Å². The second kappa shape index (κ2) is 8.49. The normalized spacial score (nSPS) is 13.4. The van der Waals surface area contributed by atoms with E-state index in [2.05, 4.69) is 19.7 Å². The van der Waals surface area contributed by atoms with E-state index in [9.17, 15) is 0 Å². The van der Waals surface area contributed by atoms with Gasteiger partial charge in [0.2, 0.25) is 0 Å². The Labute approximate surface area is 99.4 Å². The molecule has 16 heavy (non-hydrogen) atoms. The van der Waals surface area contributed by atoms with Crippen LogP contribution in [0.25, 0.3) is 0 Å². The Morgan fingerprint density at radius 1 is 1.00 bits per heavy atom. The van der Waals surface area contributed by atoms with Crippen LogP contribution in [0.3, 0.4) is 0 Å². The van der Waals surface area contributed by atoms with Crippen molar-refractivity contribution in [1.29, 1.82) is 0 Å². The summed E-state index contributed by atoms with van der Waals surface area (Å²) in [6.45, 7) is 15.5. The standard InChI is InChI=1S/C16H20/c1-6-10-12-15(8-3)14(5)16(9-4)13-11-7-2/h6-13H,1,4-5H2,2-3H3/b11-7-,12-10-,15-8+,16-13+. The summed E-state index contributed by atoms with van der Waals surface area (Å²) < 4.78 is 0. The number of allylic oxidation sites excluding steroid dienone is 11. The predicted octanol–water partition coefficient (Wildman–Crippen LogP) is 4.92. The zero-order valence-electron chi connectivity index (χ0n) is 10.2. The molecule has 0 heteroatoms. The van der Waals surface area contributed by atoms with Crippen molar-refractivity contribution < 1.29 is 0 Å². The maximum Gasteiger partial charge on any atom is -0.0187 e. The Kier molecular flexibility index (Phi) is 7.52. The van der Waals surface area contributed by atoms with Gasteiger partial charge in [-0.1, -0.05) is 68.3 Å². The van der Waals surface area contributed by atoms with Crippen LogP contribution in [0.2, 0.25) is 0 Å². The van der Waals surface area contributed by atoms with Crippen molar-refractivity contribution in [2.75, 3.05) is 0 Å². The van der Waals surface area contributed by atoms with Gasteiger partial charge in [-0.15, -0.1) is 0 Å². The molecule has 0 aliphatic rings. The third-order valence-corrected chi connectivity index (χ3v) is 2.11. The molecule has 0 rings (SSSR count). The van der Waals surface area contributed by atoms with Crippen LogP contribution in [-0.2, 0) is 0 Å². The predicted molar refractivity (Wildman–Crippen MR) is 75.3 cm³/mol. The molecule has 0 unspecified atom stereocenters. The summed E-state index contributed by atoms with van der Waals surface area (Å²) >= 11 is 0. The molecule has 0 aromatic carbocycles. The molecule has 0 amide bonds. The van der Waals surface area contributed by atoms with Crippen LogP contribution in [0.15, 0.2) is 85.1 Å². The van der Waals surface area contributed by atoms with E-state index in [1.807, 2.05) is 56.4 Å². The molecular formula is C16H20. The van der Waals surface area contributed by atoms with Crippen LogP contribution in [0, 0.1) is 0 Å². The van der Waals surface area contributed by atoms with Gasteiger partial charge >= 0.3 is 0 Å². The van der Waals surface area contributed by atoms with Gasteiger partial charge in [0.05, 0.1) is 0 Å². The molecule has 0 spiro atoms. The summed E-state index contributed by atoms with van der Waals surface area (Å²) in [6.07, 6.45) is 15.4. The molecule has 0 atom stereocenters. The van der Waals surface area contributed by atoms with E-state index >= 15 is 0 Å². The Bertz CT molecular complexity index is 371. The summed E-state index contributed by atoms with van der Waals surface area (Å²) in [4.78, 5) is 0. The molecule has 0 saturated carbocycles. The fraction of sp³-hybridized carbons (Fsp3) is 0.125. The number of hydrogen-bond donors (Lipinski definition) is 0. The number of rotatable bonds is 6. The Morgan fingerprint density at radius 3 is 2.12 bits per heavy atom. The highest BCUT2D eigenvalue weighted by Gasteiger charge is 2.00. The number of hydrogen-bond acceptors (Lipinski definition) is 0. The molecule has 0 aliphatic carbocycles. The second-order valence-corrected chi connectivity index (χ2v) is 3.17. The fourth-order valence-corrected chi connectivity index (χ4v) is 1.20. The van der Waals surface area contributed by atoms with Gasteiger partial charge in [-0.05, 0) is 30.6 Å². The van der Waals surface area contributed by atoms with Crippen molar-refractivity contribution in [2.45, 2.75) is 13.8 Å². The first-order valence-corrected chi connectivity index (χ1v) is 5.31. The van der Waals surface area contributed by atoms with Gasteiger partial charge in [0.15, 0.2) is 0 Å². The molecule has 0 bridgehead atoms. The SMILES string of the molecule is C=C/C=C\C(=C/C)C(=C)/C(C=C)=C/C=C\C. The highest BCUT2D eigenvalue weighted by atomic mass is 14.0. The quantitative estimate of drug-likeness (QED) is 0.548. The van der Waals surface area contributed by atoms with Crippen molar-refractivity contribution in [3.8, 4) is 0 Å². The highest BCUT2D eigenvalue weighted by molar-refractivity contribution is 5.54. The van der Waals surface area contributed by atoms with E-state index in [0.29, 0.717) is 0 Å².